The molecule has 0 aromatic carbocycles. The zero-order valence-corrected chi connectivity index (χ0v) is 12.0. The molecule has 1 heteroatoms. The first-order valence-electron chi connectivity index (χ1n) is 5.79. The van der Waals surface area contributed by atoms with Gasteiger partial charge in [0, 0.05) is 0 Å². The molecule has 0 N–H and O–H groups in total. The SMILES string of the molecule is CCC[CH2][Pt]([CH2]CCC)[CH2]CCC. The van der Waals surface area contributed by atoms with Crippen LogP contribution < -0.4 is 0 Å². The van der Waals surface area contributed by atoms with Crippen molar-refractivity contribution in [1.82, 2.24) is 0 Å². The average Bonchev–Trinajstić information content (AvgIpc) is 2.17. The Balaban J connectivity index is 3.47. The molecule has 0 bridgehead atoms. The zero-order chi connectivity index (χ0) is 9.94. The Morgan fingerprint density at radius 1 is 0.615 bits per heavy atom. The molecular formula is C12H27Pt. The van der Waals surface area contributed by atoms with Crippen LogP contribution in [0.3, 0.4) is 0 Å². The first kappa shape index (κ1) is 13.7. The van der Waals surface area contributed by atoms with Gasteiger partial charge in [-0.2, -0.15) is 0 Å². The summed E-state index contributed by atoms with van der Waals surface area (Å²) in [5, 5.41) is 0. The van der Waals surface area contributed by atoms with Gasteiger partial charge in [0.05, 0.1) is 0 Å². The standard InChI is InChI=1S/3C4H9.Pt/c3*1-3-4-2;/h3*1,3-4H2,2H3;. The van der Waals surface area contributed by atoms with E-state index in [1.165, 1.54) is 38.5 Å². The molecule has 0 amide bonds. The Kier molecular flexibility index (Phi) is 11.3. The number of hydrogen-bond acceptors (Lipinski definition) is 0. The molecule has 0 saturated carbocycles. The fourth-order valence-corrected chi connectivity index (χ4v) is 8.57. The second kappa shape index (κ2) is 10.8. The summed E-state index contributed by atoms with van der Waals surface area (Å²) in [6.07, 6.45) is 8.76. The van der Waals surface area contributed by atoms with Crippen molar-refractivity contribution >= 4 is 0 Å². The van der Waals surface area contributed by atoms with Crippen molar-refractivity contribution in [3.8, 4) is 0 Å². The van der Waals surface area contributed by atoms with Crippen LogP contribution >= 0.6 is 0 Å². The van der Waals surface area contributed by atoms with Gasteiger partial charge in [-0.15, -0.1) is 0 Å². The molecule has 85 valence electrons. The topological polar surface area (TPSA) is 0 Å². The number of unbranched alkanes of at least 4 members (excludes halogenated alkanes) is 3. The first-order valence-corrected chi connectivity index (χ1v) is 10.6. The van der Waals surface area contributed by atoms with Gasteiger partial charge in [0.1, 0.15) is 0 Å². The summed E-state index contributed by atoms with van der Waals surface area (Å²) in [5.41, 5.74) is 0. The molecule has 0 aromatic rings. The van der Waals surface area contributed by atoms with Gasteiger partial charge in [-0.3, -0.25) is 0 Å². The van der Waals surface area contributed by atoms with Gasteiger partial charge in [-0.25, -0.2) is 0 Å². The zero-order valence-electron chi connectivity index (χ0n) is 9.68. The molecule has 0 aliphatic rings. The third-order valence-corrected chi connectivity index (χ3v) is 9.30. The predicted octanol–water partition coefficient (Wildman–Crippen LogP) is 5.26. The van der Waals surface area contributed by atoms with Crippen molar-refractivity contribution < 1.29 is 17.3 Å². The van der Waals surface area contributed by atoms with Crippen LogP contribution in [0, 0.1) is 0 Å². The minimum atomic E-state index is -0.464. The van der Waals surface area contributed by atoms with Crippen LogP contribution in [0.25, 0.3) is 0 Å². The van der Waals surface area contributed by atoms with Crippen LogP contribution in [-0.2, 0) is 17.3 Å². The Morgan fingerprint density at radius 3 is 1.15 bits per heavy atom. The summed E-state index contributed by atoms with van der Waals surface area (Å²) in [5.74, 6) is 0. The normalized spacial score (nSPS) is 11.8. The summed E-state index contributed by atoms with van der Waals surface area (Å²) in [7, 11) is 0. The molecule has 0 aliphatic heterocycles. The van der Waals surface area contributed by atoms with Crippen LogP contribution in [-0.4, -0.2) is 0 Å². The third kappa shape index (κ3) is 9.00. The van der Waals surface area contributed by atoms with Crippen LogP contribution in [0.15, 0.2) is 0 Å². The van der Waals surface area contributed by atoms with Crippen LogP contribution in [0.2, 0.25) is 14.4 Å². The predicted molar refractivity (Wildman–Crippen MR) is 59.1 cm³/mol. The second-order valence-corrected chi connectivity index (χ2v) is 10.3. The maximum absolute atomic E-state index is 2.33. The second-order valence-electron chi connectivity index (χ2n) is 3.51. The molecule has 0 radical (unpaired) electrons. The quantitative estimate of drug-likeness (QED) is 0.522. The van der Waals surface area contributed by atoms with E-state index in [-0.39, 0.29) is 0 Å². The van der Waals surface area contributed by atoms with Crippen LogP contribution in [0.5, 0.6) is 0 Å². The van der Waals surface area contributed by atoms with E-state index < -0.39 is 17.3 Å². The van der Waals surface area contributed by atoms with Crippen LogP contribution in [0.1, 0.15) is 59.3 Å². The van der Waals surface area contributed by atoms with Gasteiger partial charge in [-0.1, -0.05) is 0 Å². The van der Waals surface area contributed by atoms with E-state index in [9.17, 15) is 0 Å². The molecular weight excluding hydrogens is 339 g/mol. The molecule has 0 nitrogen and oxygen atoms in total. The maximum atomic E-state index is 2.33. The van der Waals surface area contributed by atoms with Gasteiger partial charge in [0.2, 0.25) is 0 Å². The summed E-state index contributed by atoms with van der Waals surface area (Å²) < 4.78 is 0. The summed E-state index contributed by atoms with van der Waals surface area (Å²) in [6.45, 7) is 6.98. The first-order chi connectivity index (χ1) is 6.35. The van der Waals surface area contributed by atoms with Crippen molar-refractivity contribution in [1.29, 1.82) is 0 Å². The van der Waals surface area contributed by atoms with Gasteiger partial charge in [-0.05, 0) is 0 Å². The van der Waals surface area contributed by atoms with Gasteiger partial charge in [0.25, 0.3) is 0 Å². The fraction of sp³-hybridized carbons (Fsp3) is 1.00. The summed E-state index contributed by atoms with van der Waals surface area (Å²) in [6, 6.07) is 0. The van der Waals surface area contributed by atoms with Crippen LogP contribution in [0.4, 0.5) is 0 Å². The molecule has 0 fully saturated rings. The molecule has 0 spiro atoms. The van der Waals surface area contributed by atoms with Crippen molar-refractivity contribution in [2.45, 2.75) is 73.7 Å². The van der Waals surface area contributed by atoms with E-state index in [1.807, 2.05) is 0 Å². The summed E-state index contributed by atoms with van der Waals surface area (Å²) in [4.78, 5) is 4.92. The van der Waals surface area contributed by atoms with Crippen molar-refractivity contribution in [2.24, 2.45) is 0 Å². The van der Waals surface area contributed by atoms with Gasteiger partial charge >= 0.3 is 91.0 Å². The molecule has 13 heavy (non-hydrogen) atoms. The van der Waals surface area contributed by atoms with Gasteiger partial charge < -0.3 is 0 Å². The van der Waals surface area contributed by atoms with Crippen molar-refractivity contribution in [3.63, 3.8) is 0 Å². The molecule has 0 heterocycles. The van der Waals surface area contributed by atoms with Gasteiger partial charge in [0.15, 0.2) is 0 Å². The number of hydrogen-bond donors (Lipinski definition) is 0. The van der Waals surface area contributed by atoms with E-state index >= 15 is 0 Å². The molecule has 0 atom stereocenters. The van der Waals surface area contributed by atoms with E-state index in [4.69, 9.17) is 0 Å². The third-order valence-electron chi connectivity index (χ3n) is 2.07. The Labute approximate surface area is 91.1 Å². The summed E-state index contributed by atoms with van der Waals surface area (Å²) >= 11 is -0.464. The van der Waals surface area contributed by atoms with Crippen molar-refractivity contribution in [2.75, 3.05) is 0 Å². The Hall–Kier alpha value is 0.688. The van der Waals surface area contributed by atoms with E-state index in [2.05, 4.69) is 20.8 Å². The molecule has 0 aliphatic carbocycles. The monoisotopic (exact) mass is 366 g/mol. The van der Waals surface area contributed by atoms with E-state index in [0.717, 1.165) is 0 Å². The average molecular weight is 366 g/mol. The fourth-order valence-electron chi connectivity index (χ4n) is 1.05. The van der Waals surface area contributed by atoms with E-state index in [1.54, 1.807) is 14.4 Å². The number of rotatable bonds is 9. The molecule has 0 unspecified atom stereocenters. The van der Waals surface area contributed by atoms with E-state index in [0.29, 0.717) is 0 Å². The molecule has 0 rings (SSSR count). The minimum absolute atomic E-state index is 0.464. The molecule has 0 saturated heterocycles. The van der Waals surface area contributed by atoms with Crippen molar-refractivity contribution in [3.05, 3.63) is 0 Å². The molecule has 0 aromatic heterocycles. The Morgan fingerprint density at radius 2 is 0.923 bits per heavy atom. The Bertz CT molecular complexity index is 72.1.